The Labute approximate surface area is 51.0 Å². The zero-order chi connectivity index (χ0) is 5.28. The van der Waals surface area contributed by atoms with Crippen molar-refractivity contribution in [2.24, 2.45) is 0 Å². The van der Waals surface area contributed by atoms with Gasteiger partial charge in [0.2, 0.25) is 0 Å². The van der Waals surface area contributed by atoms with Crippen LogP contribution in [0.3, 0.4) is 0 Å². The maximum Gasteiger partial charge on any atom is 0.116 e. The molecule has 1 aromatic heterocycles. The molecule has 0 saturated carbocycles. The molecule has 0 aromatic carbocycles. The van der Waals surface area contributed by atoms with Gasteiger partial charge in [0.15, 0.2) is 0 Å². The average Bonchev–Trinajstić information content (AvgIpc) is 1.91. The third kappa shape index (κ3) is 0.924. The predicted octanol–water partition coefficient (Wildman–Crippen LogP) is 2.10. The van der Waals surface area contributed by atoms with Crippen molar-refractivity contribution in [3.8, 4) is 0 Å². The van der Waals surface area contributed by atoms with Crippen LogP contribution in [0.5, 0.6) is 0 Å². The highest BCUT2D eigenvalue weighted by atomic mass is 35.5. The molecule has 0 bridgehead atoms. The number of nitrogens with zero attached hydrogens (tertiary/aromatic N) is 1. The number of aromatic nitrogens is 1. The van der Waals surface area contributed by atoms with Gasteiger partial charge in [-0.1, -0.05) is 11.6 Å². The Bertz CT molecular complexity index is 144. The van der Waals surface area contributed by atoms with E-state index in [0.717, 1.165) is 10.0 Å². The van der Waals surface area contributed by atoms with Crippen LogP contribution in [0.1, 0.15) is 5.69 Å². The third-order valence-corrected chi connectivity index (χ3v) is 1.94. The topological polar surface area (TPSA) is 12.9 Å². The van der Waals surface area contributed by atoms with Gasteiger partial charge < -0.3 is 0 Å². The minimum atomic E-state index is 0.792. The van der Waals surface area contributed by atoms with Crippen LogP contribution in [-0.4, -0.2) is 4.98 Å². The lowest BCUT2D eigenvalue weighted by atomic mass is 10.6. The standard InChI is InChI=1S/C4H4ClNS/c1-3-4(5)7-2-6-3/h2H,1H3. The molecule has 0 N–H and O–H groups in total. The molecule has 0 aliphatic carbocycles. The largest absolute Gasteiger partial charge is 0.248 e. The third-order valence-electron chi connectivity index (χ3n) is 0.687. The Hall–Kier alpha value is -0.0800. The summed E-state index contributed by atoms with van der Waals surface area (Å²) in [5.41, 5.74) is 2.66. The molecular formula is C4H4ClNS. The number of hydrogen-bond donors (Lipinski definition) is 0. The first kappa shape index (κ1) is 5.06. The van der Waals surface area contributed by atoms with Crippen molar-refractivity contribution in [3.05, 3.63) is 15.5 Å². The minimum Gasteiger partial charge on any atom is -0.248 e. The van der Waals surface area contributed by atoms with Gasteiger partial charge in [0.1, 0.15) is 4.34 Å². The van der Waals surface area contributed by atoms with Crippen molar-refractivity contribution in [2.75, 3.05) is 0 Å². The van der Waals surface area contributed by atoms with Crippen molar-refractivity contribution in [3.63, 3.8) is 0 Å². The lowest BCUT2D eigenvalue weighted by Crippen LogP contribution is -1.63. The quantitative estimate of drug-likeness (QED) is 0.528. The van der Waals surface area contributed by atoms with E-state index in [0.29, 0.717) is 0 Å². The van der Waals surface area contributed by atoms with Crippen LogP contribution in [0.4, 0.5) is 0 Å². The summed E-state index contributed by atoms with van der Waals surface area (Å²) >= 11 is 7.04. The highest BCUT2D eigenvalue weighted by molar-refractivity contribution is 7.14. The summed E-state index contributed by atoms with van der Waals surface area (Å²) in [6.45, 7) is 1.89. The Morgan fingerprint density at radius 3 is 2.71 bits per heavy atom. The van der Waals surface area contributed by atoms with E-state index in [1.807, 2.05) is 6.92 Å². The highest BCUT2D eigenvalue weighted by Gasteiger charge is 1.91. The second-order valence-corrected chi connectivity index (χ2v) is 2.67. The van der Waals surface area contributed by atoms with E-state index in [2.05, 4.69) is 4.98 Å². The highest BCUT2D eigenvalue weighted by Crippen LogP contribution is 2.17. The van der Waals surface area contributed by atoms with Crippen LogP contribution in [-0.2, 0) is 0 Å². The van der Waals surface area contributed by atoms with Crippen LogP contribution < -0.4 is 0 Å². The lowest BCUT2D eigenvalue weighted by Gasteiger charge is -1.74. The smallest absolute Gasteiger partial charge is 0.116 e. The van der Waals surface area contributed by atoms with Crippen LogP contribution in [0.15, 0.2) is 5.51 Å². The zero-order valence-corrected chi connectivity index (χ0v) is 5.38. The van der Waals surface area contributed by atoms with E-state index in [9.17, 15) is 0 Å². The van der Waals surface area contributed by atoms with E-state index < -0.39 is 0 Å². The molecule has 1 nitrogen and oxygen atoms in total. The van der Waals surface area contributed by atoms with Gasteiger partial charge in [-0.15, -0.1) is 11.3 Å². The number of aryl methyl sites for hydroxylation is 1. The number of hydrogen-bond acceptors (Lipinski definition) is 2. The first-order chi connectivity index (χ1) is 3.30. The molecule has 7 heavy (non-hydrogen) atoms. The first-order valence-corrected chi connectivity index (χ1v) is 3.12. The van der Waals surface area contributed by atoms with Crippen molar-refractivity contribution in [1.82, 2.24) is 4.98 Å². The summed E-state index contributed by atoms with van der Waals surface area (Å²) in [5, 5.41) is 0. The Kier molecular flexibility index (Phi) is 1.30. The molecule has 0 saturated heterocycles. The van der Waals surface area contributed by atoms with Crippen molar-refractivity contribution >= 4 is 22.9 Å². The van der Waals surface area contributed by atoms with Gasteiger partial charge in [0.05, 0.1) is 11.2 Å². The van der Waals surface area contributed by atoms with Gasteiger partial charge >= 0.3 is 0 Å². The molecule has 0 fully saturated rings. The van der Waals surface area contributed by atoms with Crippen molar-refractivity contribution in [2.45, 2.75) is 6.92 Å². The minimum absolute atomic E-state index is 0.792. The SMILES string of the molecule is Cc1ncsc1Cl. The van der Waals surface area contributed by atoms with E-state index in [1.54, 1.807) is 5.51 Å². The van der Waals surface area contributed by atoms with Crippen LogP contribution >= 0.6 is 22.9 Å². The Morgan fingerprint density at radius 2 is 2.57 bits per heavy atom. The fourth-order valence-electron chi connectivity index (χ4n) is 0.288. The molecule has 0 spiro atoms. The first-order valence-electron chi connectivity index (χ1n) is 1.86. The number of halogens is 1. The average molecular weight is 134 g/mol. The lowest BCUT2D eigenvalue weighted by molar-refractivity contribution is 1.27. The monoisotopic (exact) mass is 133 g/mol. The van der Waals surface area contributed by atoms with Crippen molar-refractivity contribution in [1.29, 1.82) is 0 Å². The van der Waals surface area contributed by atoms with Crippen LogP contribution in [0, 0.1) is 6.92 Å². The number of rotatable bonds is 0. The van der Waals surface area contributed by atoms with Crippen LogP contribution in [0.2, 0.25) is 4.34 Å². The Morgan fingerprint density at radius 1 is 1.86 bits per heavy atom. The molecule has 0 aliphatic rings. The van der Waals surface area contributed by atoms with Gasteiger partial charge in [-0.05, 0) is 6.92 Å². The molecule has 0 amide bonds. The summed E-state index contributed by atoms with van der Waals surface area (Å²) < 4.78 is 0.792. The molecule has 0 atom stereocenters. The molecule has 0 aliphatic heterocycles. The van der Waals surface area contributed by atoms with E-state index >= 15 is 0 Å². The predicted molar refractivity (Wildman–Crippen MR) is 31.9 cm³/mol. The molecule has 1 aromatic rings. The second-order valence-electron chi connectivity index (χ2n) is 1.21. The van der Waals surface area contributed by atoms with E-state index in [-0.39, 0.29) is 0 Å². The summed E-state index contributed by atoms with van der Waals surface area (Å²) in [4.78, 5) is 3.90. The molecular weight excluding hydrogens is 130 g/mol. The maximum atomic E-state index is 5.58. The molecule has 0 radical (unpaired) electrons. The summed E-state index contributed by atoms with van der Waals surface area (Å²) in [6.07, 6.45) is 0. The second kappa shape index (κ2) is 1.80. The maximum absolute atomic E-state index is 5.58. The van der Waals surface area contributed by atoms with Gasteiger partial charge in [-0.3, -0.25) is 0 Å². The molecule has 3 heteroatoms. The molecule has 1 heterocycles. The molecule has 38 valence electrons. The summed E-state index contributed by atoms with van der Waals surface area (Å²) in [6, 6.07) is 0. The fraction of sp³-hybridized carbons (Fsp3) is 0.250. The molecule has 1 rings (SSSR count). The van der Waals surface area contributed by atoms with Crippen molar-refractivity contribution < 1.29 is 0 Å². The normalized spacial score (nSPS) is 9.43. The van der Waals surface area contributed by atoms with Crippen LogP contribution in [0.25, 0.3) is 0 Å². The summed E-state index contributed by atoms with van der Waals surface area (Å²) in [5.74, 6) is 0. The Balaban J connectivity index is 3.12. The van der Waals surface area contributed by atoms with Gasteiger partial charge in [0.25, 0.3) is 0 Å². The van der Waals surface area contributed by atoms with Gasteiger partial charge in [-0.2, -0.15) is 0 Å². The summed E-state index contributed by atoms with van der Waals surface area (Å²) in [7, 11) is 0. The zero-order valence-electron chi connectivity index (χ0n) is 3.81. The fourth-order valence-corrected chi connectivity index (χ4v) is 0.983. The molecule has 0 unspecified atom stereocenters. The van der Waals surface area contributed by atoms with E-state index in [1.165, 1.54) is 11.3 Å². The number of thiazole rings is 1. The van der Waals surface area contributed by atoms with Gasteiger partial charge in [0, 0.05) is 0 Å². The van der Waals surface area contributed by atoms with E-state index in [4.69, 9.17) is 11.6 Å². The van der Waals surface area contributed by atoms with Gasteiger partial charge in [-0.25, -0.2) is 4.98 Å².